The van der Waals surface area contributed by atoms with E-state index in [0.717, 1.165) is 6.54 Å². The van der Waals surface area contributed by atoms with E-state index in [-0.39, 0.29) is 0 Å². The van der Waals surface area contributed by atoms with Crippen LogP contribution in [0, 0.1) is 11.3 Å². The predicted octanol–water partition coefficient (Wildman–Crippen LogP) is 3.24. The molecule has 0 heterocycles. The summed E-state index contributed by atoms with van der Waals surface area (Å²) in [6, 6.07) is 2.72. The Labute approximate surface area is 88.7 Å². The Kier molecular flexibility index (Phi) is 10.1. The zero-order valence-corrected chi connectivity index (χ0v) is 9.68. The van der Waals surface area contributed by atoms with Crippen molar-refractivity contribution < 1.29 is 0 Å². The first-order chi connectivity index (χ1) is 6.81. The quantitative estimate of drug-likeness (QED) is 0.575. The normalized spacial score (nSPS) is 12.4. The summed E-state index contributed by atoms with van der Waals surface area (Å²) < 4.78 is 0. The van der Waals surface area contributed by atoms with Crippen LogP contribution >= 0.6 is 0 Å². The zero-order valence-electron chi connectivity index (χ0n) is 9.68. The first-order valence-corrected chi connectivity index (χ1v) is 5.91. The van der Waals surface area contributed by atoms with Gasteiger partial charge in [0, 0.05) is 19.0 Å². The van der Waals surface area contributed by atoms with Crippen molar-refractivity contribution in [2.24, 2.45) is 0 Å². The lowest BCUT2D eigenvalue weighted by atomic mass is 10.1. The molecule has 1 atom stereocenters. The summed E-state index contributed by atoms with van der Waals surface area (Å²) in [4.78, 5) is 0. The van der Waals surface area contributed by atoms with Gasteiger partial charge in [-0.25, -0.2) is 0 Å². The number of hydrogen-bond donors (Lipinski definition) is 1. The second kappa shape index (κ2) is 10.5. The van der Waals surface area contributed by atoms with E-state index in [1.807, 2.05) is 0 Å². The minimum absolute atomic E-state index is 0.574. The van der Waals surface area contributed by atoms with E-state index in [1.165, 1.54) is 38.5 Å². The number of nitrogens with one attached hydrogen (secondary N) is 1. The molecule has 82 valence electrons. The van der Waals surface area contributed by atoms with Gasteiger partial charge in [0.25, 0.3) is 0 Å². The van der Waals surface area contributed by atoms with E-state index in [0.29, 0.717) is 12.5 Å². The number of nitrogens with zero attached hydrogens (tertiary/aromatic N) is 1. The summed E-state index contributed by atoms with van der Waals surface area (Å²) in [5.74, 6) is 0. The van der Waals surface area contributed by atoms with Crippen LogP contribution in [0.3, 0.4) is 0 Å². The fraction of sp³-hybridized carbons (Fsp3) is 0.917. The third-order valence-corrected chi connectivity index (χ3v) is 2.47. The summed E-state index contributed by atoms with van der Waals surface area (Å²) in [6.45, 7) is 5.29. The van der Waals surface area contributed by atoms with Gasteiger partial charge in [-0.3, -0.25) is 0 Å². The molecule has 2 heteroatoms. The molecular formula is C12H24N2. The molecular weight excluding hydrogens is 172 g/mol. The van der Waals surface area contributed by atoms with E-state index in [9.17, 15) is 0 Å². The third-order valence-electron chi connectivity index (χ3n) is 2.47. The molecule has 1 N–H and O–H groups in total. The van der Waals surface area contributed by atoms with E-state index in [4.69, 9.17) is 5.26 Å². The molecule has 0 fully saturated rings. The fourth-order valence-electron chi connectivity index (χ4n) is 1.53. The monoisotopic (exact) mass is 196 g/mol. The lowest BCUT2D eigenvalue weighted by molar-refractivity contribution is 0.485. The van der Waals surface area contributed by atoms with E-state index in [2.05, 4.69) is 25.2 Å². The molecule has 0 aromatic heterocycles. The molecule has 0 saturated heterocycles. The van der Waals surface area contributed by atoms with Crippen LogP contribution in [-0.4, -0.2) is 12.6 Å². The molecule has 0 bridgehead atoms. The van der Waals surface area contributed by atoms with Crippen LogP contribution in [0.5, 0.6) is 0 Å². The topological polar surface area (TPSA) is 35.8 Å². The van der Waals surface area contributed by atoms with Crippen molar-refractivity contribution in [2.45, 2.75) is 64.8 Å². The van der Waals surface area contributed by atoms with Crippen molar-refractivity contribution in [1.29, 1.82) is 5.26 Å². The lowest BCUT2D eigenvalue weighted by Gasteiger charge is -2.11. The standard InChI is InChI=1S/C12H24N2/c1-3-4-5-6-7-9-12(2)14-11-8-10-13/h12,14H,3-9,11H2,1-2H3. The summed E-state index contributed by atoms with van der Waals surface area (Å²) in [5.41, 5.74) is 0. The third kappa shape index (κ3) is 9.54. The average Bonchev–Trinajstić information content (AvgIpc) is 2.18. The van der Waals surface area contributed by atoms with Crippen LogP contribution in [0.25, 0.3) is 0 Å². The van der Waals surface area contributed by atoms with Gasteiger partial charge in [-0.1, -0.05) is 39.0 Å². The smallest absolute Gasteiger partial charge is 0.0635 e. The largest absolute Gasteiger partial charge is 0.313 e. The highest BCUT2D eigenvalue weighted by molar-refractivity contribution is 4.72. The number of rotatable bonds is 9. The van der Waals surface area contributed by atoms with E-state index in [1.54, 1.807) is 0 Å². The predicted molar refractivity (Wildman–Crippen MR) is 61.1 cm³/mol. The molecule has 0 saturated carbocycles. The molecule has 0 aromatic rings. The van der Waals surface area contributed by atoms with Gasteiger partial charge in [0.1, 0.15) is 0 Å². The average molecular weight is 196 g/mol. The number of unbranched alkanes of at least 4 members (excludes halogenated alkanes) is 4. The van der Waals surface area contributed by atoms with Gasteiger partial charge in [-0.15, -0.1) is 0 Å². The Morgan fingerprint density at radius 2 is 1.93 bits per heavy atom. The van der Waals surface area contributed by atoms with Crippen molar-refractivity contribution in [2.75, 3.05) is 6.54 Å². The summed E-state index contributed by atoms with van der Waals surface area (Å²) in [6.07, 6.45) is 8.61. The van der Waals surface area contributed by atoms with Crippen LogP contribution in [0.15, 0.2) is 0 Å². The molecule has 0 rings (SSSR count). The molecule has 0 aliphatic heterocycles. The Bertz CT molecular complexity index is 149. The Morgan fingerprint density at radius 3 is 2.57 bits per heavy atom. The molecule has 0 spiro atoms. The molecule has 1 unspecified atom stereocenters. The van der Waals surface area contributed by atoms with Crippen molar-refractivity contribution in [1.82, 2.24) is 5.32 Å². The lowest BCUT2D eigenvalue weighted by Crippen LogP contribution is -2.26. The van der Waals surface area contributed by atoms with Crippen molar-refractivity contribution >= 4 is 0 Å². The maximum Gasteiger partial charge on any atom is 0.0635 e. The van der Waals surface area contributed by atoms with Gasteiger partial charge >= 0.3 is 0 Å². The Balaban J connectivity index is 3.10. The molecule has 14 heavy (non-hydrogen) atoms. The van der Waals surface area contributed by atoms with Gasteiger partial charge in [-0.05, 0) is 13.3 Å². The van der Waals surface area contributed by atoms with Crippen LogP contribution in [0.4, 0.5) is 0 Å². The van der Waals surface area contributed by atoms with Crippen molar-refractivity contribution in [3.05, 3.63) is 0 Å². The van der Waals surface area contributed by atoms with E-state index >= 15 is 0 Å². The minimum atomic E-state index is 0.574. The molecule has 0 radical (unpaired) electrons. The zero-order chi connectivity index (χ0) is 10.6. The first-order valence-electron chi connectivity index (χ1n) is 5.91. The number of nitriles is 1. The van der Waals surface area contributed by atoms with Gasteiger partial charge in [0.2, 0.25) is 0 Å². The molecule has 2 nitrogen and oxygen atoms in total. The highest BCUT2D eigenvalue weighted by Crippen LogP contribution is 2.06. The highest BCUT2D eigenvalue weighted by atomic mass is 14.9. The first kappa shape index (κ1) is 13.4. The van der Waals surface area contributed by atoms with E-state index < -0.39 is 0 Å². The molecule has 0 amide bonds. The Hall–Kier alpha value is -0.550. The summed E-state index contributed by atoms with van der Waals surface area (Å²) >= 11 is 0. The fourth-order valence-corrected chi connectivity index (χ4v) is 1.53. The van der Waals surface area contributed by atoms with Crippen LogP contribution in [0.1, 0.15) is 58.8 Å². The van der Waals surface area contributed by atoms with Gasteiger partial charge in [-0.2, -0.15) is 5.26 Å². The molecule has 0 aliphatic rings. The SMILES string of the molecule is CCCCCCCC(C)NCCC#N. The molecule has 0 aliphatic carbocycles. The second-order valence-corrected chi connectivity index (χ2v) is 3.97. The molecule has 0 aromatic carbocycles. The highest BCUT2D eigenvalue weighted by Gasteiger charge is 1.99. The maximum atomic E-state index is 8.36. The second-order valence-electron chi connectivity index (χ2n) is 3.97. The summed E-state index contributed by atoms with van der Waals surface area (Å²) in [5, 5.41) is 11.7. The van der Waals surface area contributed by atoms with Gasteiger partial charge < -0.3 is 5.32 Å². The minimum Gasteiger partial charge on any atom is -0.313 e. The van der Waals surface area contributed by atoms with Gasteiger partial charge in [0.15, 0.2) is 0 Å². The Morgan fingerprint density at radius 1 is 1.21 bits per heavy atom. The van der Waals surface area contributed by atoms with Crippen LogP contribution in [-0.2, 0) is 0 Å². The summed E-state index contributed by atoms with van der Waals surface area (Å²) in [7, 11) is 0. The van der Waals surface area contributed by atoms with Crippen molar-refractivity contribution in [3.63, 3.8) is 0 Å². The maximum absolute atomic E-state index is 8.36. The number of hydrogen-bond acceptors (Lipinski definition) is 2. The van der Waals surface area contributed by atoms with Crippen LogP contribution < -0.4 is 5.32 Å². The van der Waals surface area contributed by atoms with Crippen LogP contribution in [0.2, 0.25) is 0 Å². The van der Waals surface area contributed by atoms with Gasteiger partial charge in [0.05, 0.1) is 6.07 Å². The van der Waals surface area contributed by atoms with Crippen molar-refractivity contribution in [3.8, 4) is 6.07 Å².